The second-order valence-electron chi connectivity index (χ2n) is 7.07. The number of ether oxygens (including phenoxy) is 1. The smallest absolute Gasteiger partial charge is 0.407 e. The summed E-state index contributed by atoms with van der Waals surface area (Å²) in [6.07, 6.45) is 1.09. The topological polar surface area (TPSA) is 116 Å². The zero-order valence-corrected chi connectivity index (χ0v) is 16.3. The maximum atomic E-state index is 12.1. The number of benzene rings is 1. The van der Waals surface area contributed by atoms with Crippen molar-refractivity contribution in [2.24, 2.45) is 0 Å². The third-order valence-corrected chi connectivity index (χ3v) is 5.71. The second kappa shape index (κ2) is 9.05. The van der Waals surface area contributed by atoms with Crippen LogP contribution in [0.4, 0.5) is 4.79 Å². The molecule has 8 nitrogen and oxygen atoms in total. The van der Waals surface area contributed by atoms with Crippen molar-refractivity contribution in [1.29, 1.82) is 0 Å². The Kier molecular flexibility index (Phi) is 7.01. The molecule has 8 heteroatoms. The second-order valence-corrected chi connectivity index (χ2v) is 7.07. The number of hydrogen-bond donors (Lipinski definition) is 3. The zero-order chi connectivity index (χ0) is 20.8. The molecule has 154 valence electrons. The van der Waals surface area contributed by atoms with Crippen LogP contribution >= 0.6 is 0 Å². The summed E-state index contributed by atoms with van der Waals surface area (Å²) in [5.41, 5.74) is -1.91. The molecule has 0 bridgehead atoms. The van der Waals surface area contributed by atoms with Crippen molar-refractivity contribution in [1.82, 2.24) is 10.2 Å². The van der Waals surface area contributed by atoms with E-state index in [1.807, 2.05) is 37.3 Å². The first-order valence-corrected chi connectivity index (χ1v) is 9.51. The lowest BCUT2D eigenvalue weighted by Gasteiger charge is -2.45. The molecule has 1 aliphatic heterocycles. The van der Waals surface area contributed by atoms with Gasteiger partial charge in [0.15, 0.2) is 0 Å². The van der Waals surface area contributed by atoms with Gasteiger partial charge < -0.3 is 20.3 Å². The Morgan fingerprint density at radius 2 is 1.82 bits per heavy atom. The van der Waals surface area contributed by atoms with Gasteiger partial charge in [0.2, 0.25) is 5.54 Å². The summed E-state index contributed by atoms with van der Waals surface area (Å²) in [7, 11) is 0. The molecule has 1 heterocycles. The van der Waals surface area contributed by atoms with E-state index in [0.717, 1.165) is 5.56 Å². The zero-order valence-electron chi connectivity index (χ0n) is 16.3. The number of hydrogen-bond acceptors (Lipinski definition) is 5. The molecule has 0 radical (unpaired) electrons. The third kappa shape index (κ3) is 4.11. The predicted octanol–water partition coefficient (Wildman–Crippen LogP) is 2.48. The quantitative estimate of drug-likeness (QED) is 0.553. The Balaban J connectivity index is 2.11. The largest absolute Gasteiger partial charge is 0.479 e. The molecule has 1 saturated heterocycles. The molecule has 1 atom stereocenters. The molecule has 1 aromatic rings. The van der Waals surface area contributed by atoms with E-state index in [0.29, 0.717) is 25.8 Å². The van der Waals surface area contributed by atoms with Crippen LogP contribution < -0.4 is 5.32 Å². The van der Waals surface area contributed by atoms with Crippen LogP contribution in [0.5, 0.6) is 0 Å². The van der Waals surface area contributed by atoms with Crippen molar-refractivity contribution in [3.05, 3.63) is 35.9 Å². The number of nitrogens with zero attached hydrogens (tertiary/aromatic N) is 1. The number of carbonyl (C=O) groups is 3. The van der Waals surface area contributed by atoms with Crippen LogP contribution in [0, 0.1) is 0 Å². The number of likely N-dealkylation sites (tertiary alicyclic amines) is 1. The standard InChI is InChI=1S/C20H28N2O6/c1-3-19(14-21-18(27)28-13-15-9-6-5-7-10-15)11-8-12-22(19)20(4-2,16(23)24)17(25)26/h5-7,9-10H,3-4,8,11-14H2,1-2H3,(H,21,27)(H,23,24)(H,25,26)/t19-/m1/s1. The number of carbonyl (C=O) groups excluding carboxylic acids is 1. The van der Waals surface area contributed by atoms with Gasteiger partial charge in [-0.2, -0.15) is 0 Å². The average Bonchev–Trinajstić information content (AvgIpc) is 3.11. The van der Waals surface area contributed by atoms with Gasteiger partial charge in [-0.05, 0) is 31.2 Å². The van der Waals surface area contributed by atoms with E-state index in [4.69, 9.17) is 4.74 Å². The van der Waals surface area contributed by atoms with Gasteiger partial charge in [0.05, 0.1) is 0 Å². The van der Waals surface area contributed by atoms with Gasteiger partial charge in [-0.3, -0.25) is 4.90 Å². The fourth-order valence-electron chi connectivity index (χ4n) is 4.04. The van der Waals surface area contributed by atoms with Gasteiger partial charge in [0, 0.05) is 18.6 Å². The molecule has 1 aliphatic rings. The van der Waals surface area contributed by atoms with E-state index in [1.54, 1.807) is 11.8 Å². The van der Waals surface area contributed by atoms with Crippen LogP contribution in [0.2, 0.25) is 0 Å². The van der Waals surface area contributed by atoms with Crippen LogP contribution in [0.15, 0.2) is 30.3 Å². The number of rotatable bonds is 9. The number of carboxylic acids is 2. The van der Waals surface area contributed by atoms with Crippen molar-refractivity contribution in [3.63, 3.8) is 0 Å². The summed E-state index contributed by atoms with van der Waals surface area (Å²) in [6, 6.07) is 9.25. The summed E-state index contributed by atoms with van der Waals surface area (Å²) >= 11 is 0. The van der Waals surface area contributed by atoms with Crippen LogP contribution in [-0.2, 0) is 20.9 Å². The van der Waals surface area contributed by atoms with E-state index in [9.17, 15) is 24.6 Å². The van der Waals surface area contributed by atoms with Gasteiger partial charge in [-0.25, -0.2) is 14.4 Å². The lowest BCUT2D eigenvalue weighted by Crippen LogP contribution is -2.67. The van der Waals surface area contributed by atoms with Crippen molar-refractivity contribution in [2.45, 2.75) is 57.2 Å². The highest BCUT2D eigenvalue weighted by Crippen LogP contribution is 2.39. The molecule has 0 spiro atoms. The van der Waals surface area contributed by atoms with Crippen LogP contribution in [0.3, 0.4) is 0 Å². The van der Waals surface area contributed by atoms with E-state index in [1.165, 1.54) is 0 Å². The molecular weight excluding hydrogens is 364 g/mol. The summed E-state index contributed by atoms with van der Waals surface area (Å²) in [5.74, 6) is -2.76. The Morgan fingerprint density at radius 3 is 2.36 bits per heavy atom. The summed E-state index contributed by atoms with van der Waals surface area (Å²) in [6.45, 7) is 4.03. The van der Waals surface area contributed by atoms with E-state index >= 15 is 0 Å². The molecule has 3 N–H and O–H groups in total. The lowest BCUT2D eigenvalue weighted by atomic mass is 9.85. The molecule has 1 aromatic carbocycles. The minimum Gasteiger partial charge on any atom is -0.479 e. The van der Waals surface area contributed by atoms with Gasteiger partial charge in [0.25, 0.3) is 0 Å². The Morgan fingerprint density at radius 1 is 1.18 bits per heavy atom. The highest BCUT2D eigenvalue weighted by atomic mass is 16.5. The van der Waals surface area contributed by atoms with Gasteiger partial charge >= 0.3 is 18.0 Å². The summed E-state index contributed by atoms with van der Waals surface area (Å²) in [5, 5.41) is 22.2. The van der Waals surface area contributed by atoms with Crippen molar-refractivity contribution in [3.8, 4) is 0 Å². The number of alkyl carbamates (subject to hydrolysis) is 1. The van der Waals surface area contributed by atoms with Crippen LogP contribution in [0.1, 0.15) is 45.1 Å². The molecule has 0 aromatic heterocycles. The first-order valence-electron chi connectivity index (χ1n) is 9.51. The first kappa shape index (κ1) is 21.7. The Labute approximate surface area is 164 Å². The van der Waals surface area contributed by atoms with Crippen molar-refractivity contribution >= 4 is 18.0 Å². The number of carboxylic acid groups (broad SMARTS) is 2. The third-order valence-electron chi connectivity index (χ3n) is 5.71. The summed E-state index contributed by atoms with van der Waals surface area (Å²) in [4.78, 5) is 37.6. The minimum absolute atomic E-state index is 0.0716. The summed E-state index contributed by atoms with van der Waals surface area (Å²) < 4.78 is 5.22. The van der Waals surface area contributed by atoms with Gasteiger partial charge in [0.1, 0.15) is 6.61 Å². The highest BCUT2D eigenvalue weighted by molar-refractivity contribution is 6.03. The van der Waals surface area contributed by atoms with Crippen molar-refractivity contribution in [2.75, 3.05) is 13.1 Å². The maximum absolute atomic E-state index is 12.1. The predicted molar refractivity (Wildman–Crippen MR) is 102 cm³/mol. The normalized spacial score (nSPS) is 19.9. The van der Waals surface area contributed by atoms with E-state index in [-0.39, 0.29) is 19.6 Å². The molecule has 1 fully saturated rings. The van der Waals surface area contributed by atoms with Gasteiger partial charge in [-0.15, -0.1) is 0 Å². The molecular formula is C20H28N2O6. The molecule has 0 saturated carbocycles. The number of amides is 1. The number of nitrogens with one attached hydrogen (secondary N) is 1. The lowest BCUT2D eigenvalue weighted by molar-refractivity contribution is -0.172. The Hall–Kier alpha value is -2.61. The SMILES string of the molecule is CCC(C(=O)O)(C(=O)O)N1CCC[C@]1(CC)CNC(=O)OCc1ccccc1. The molecule has 1 amide bonds. The molecule has 28 heavy (non-hydrogen) atoms. The van der Waals surface area contributed by atoms with E-state index in [2.05, 4.69) is 5.32 Å². The number of aliphatic carboxylic acids is 2. The van der Waals surface area contributed by atoms with Gasteiger partial charge in [-0.1, -0.05) is 44.2 Å². The Bertz CT molecular complexity index is 694. The first-order chi connectivity index (χ1) is 13.3. The van der Waals surface area contributed by atoms with Crippen LogP contribution in [-0.4, -0.2) is 57.3 Å². The molecule has 0 aliphatic carbocycles. The monoisotopic (exact) mass is 392 g/mol. The van der Waals surface area contributed by atoms with Crippen molar-refractivity contribution < 1.29 is 29.3 Å². The van der Waals surface area contributed by atoms with E-state index < -0.39 is 29.1 Å². The highest BCUT2D eigenvalue weighted by Gasteiger charge is 2.58. The average molecular weight is 392 g/mol. The van der Waals surface area contributed by atoms with Crippen LogP contribution in [0.25, 0.3) is 0 Å². The molecule has 2 rings (SSSR count). The fraction of sp³-hybridized carbons (Fsp3) is 0.550. The molecule has 0 unspecified atom stereocenters. The maximum Gasteiger partial charge on any atom is 0.407 e. The fourth-order valence-corrected chi connectivity index (χ4v) is 4.04. The minimum atomic E-state index is -2.01.